The molecule has 1 aromatic heterocycles. The second-order valence-electron chi connectivity index (χ2n) is 5.26. The van der Waals surface area contributed by atoms with Crippen molar-refractivity contribution in [1.82, 2.24) is 4.90 Å². The van der Waals surface area contributed by atoms with Gasteiger partial charge in [0.05, 0.1) is 7.11 Å². The van der Waals surface area contributed by atoms with Crippen LogP contribution in [0.1, 0.15) is 24.8 Å². The van der Waals surface area contributed by atoms with Crippen molar-refractivity contribution in [1.29, 1.82) is 0 Å². The number of likely N-dealkylation sites (tertiary alicyclic amines) is 1. The Hall–Kier alpha value is -1.39. The lowest BCUT2D eigenvalue weighted by molar-refractivity contribution is -0.148. The predicted molar refractivity (Wildman–Crippen MR) is 81.9 cm³/mol. The zero-order chi connectivity index (χ0) is 13.9. The number of carbonyl (C=O) groups excluding carboxylic acids is 1. The molecule has 1 unspecified atom stereocenters. The zero-order valence-electron chi connectivity index (χ0n) is 11.7. The number of esters is 1. The van der Waals surface area contributed by atoms with Gasteiger partial charge < -0.3 is 4.74 Å². The molecule has 0 aliphatic carbocycles. The molecule has 1 atom stereocenters. The lowest BCUT2D eigenvalue weighted by atomic mass is 10.0. The Morgan fingerprint density at radius 1 is 1.40 bits per heavy atom. The van der Waals surface area contributed by atoms with Gasteiger partial charge in [-0.25, -0.2) is 0 Å². The molecule has 0 spiro atoms. The molecule has 1 fully saturated rings. The standard InChI is InChI=1S/C16H19NO2S/c1-19-16(18)14-7-4-5-9-17(14)10-12-11-20-15-8-3-2-6-13(12)15/h2-3,6,8,11,14H,4-5,7,9-10H2,1H3. The largest absolute Gasteiger partial charge is 0.468 e. The normalized spacial score (nSPS) is 20.1. The van der Waals surface area contributed by atoms with Gasteiger partial charge in [-0.2, -0.15) is 0 Å². The molecule has 0 amide bonds. The number of hydrogen-bond acceptors (Lipinski definition) is 4. The number of piperidine rings is 1. The third kappa shape index (κ3) is 2.58. The second kappa shape index (κ2) is 5.94. The van der Waals surface area contributed by atoms with Crippen molar-refractivity contribution < 1.29 is 9.53 Å². The summed E-state index contributed by atoms with van der Waals surface area (Å²) in [5.41, 5.74) is 1.32. The maximum atomic E-state index is 11.9. The molecule has 2 heterocycles. The van der Waals surface area contributed by atoms with E-state index in [9.17, 15) is 4.79 Å². The molecular formula is C16H19NO2S. The highest BCUT2D eigenvalue weighted by Gasteiger charge is 2.29. The van der Waals surface area contributed by atoms with Gasteiger partial charge in [0, 0.05) is 11.2 Å². The Labute approximate surface area is 123 Å². The second-order valence-corrected chi connectivity index (χ2v) is 6.17. The fraction of sp³-hybridized carbons (Fsp3) is 0.438. The first-order valence-corrected chi connectivity index (χ1v) is 7.94. The van der Waals surface area contributed by atoms with E-state index in [2.05, 4.69) is 34.5 Å². The van der Waals surface area contributed by atoms with Crippen molar-refractivity contribution in [3.63, 3.8) is 0 Å². The summed E-state index contributed by atoms with van der Waals surface area (Å²) in [4.78, 5) is 14.2. The maximum Gasteiger partial charge on any atom is 0.323 e. The number of methoxy groups -OCH3 is 1. The van der Waals surface area contributed by atoms with Crippen LogP contribution >= 0.6 is 11.3 Å². The molecule has 1 aliphatic rings. The Kier molecular flexibility index (Phi) is 4.03. The highest BCUT2D eigenvalue weighted by atomic mass is 32.1. The molecule has 0 bridgehead atoms. The molecule has 4 heteroatoms. The van der Waals surface area contributed by atoms with E-state index in [1.165, 1.54) is 22.8 Å². The predicted octanol–water partition coefficient (Wildman–Crippen LogP) is 3.43. The molecule has 106 valence electrons. The highest BCUT2D eigenvalue weighted by Crippen LogP contribution is 2.29. The average molecular weight is 289 g/mol. The van der Waals surface area contributed by atoms with Gasteiger partial charge in [-0.15, -0.1) is 11.3 Å². The van der Waals surface area contributed by atoms with Gasteiger partial charge in [-0.05, 0) is 41.8 Å². The van der Waals surface area contributed by atoms with Gasteiger partial charge in [0.25, 0.3) is 0 Å². The molecule has 0 radical (unpaired) electrons. The van der Waals surface area contributed by atoms with Gasteiger partial charge in [-0.1, -0.05) is 24.6 Å². The number of benzene rings is 1. The summed E-state index contributed by atoms with van der Waals surface area (Å²) in [6.45, 7) is 1.81. The van der Waals surface area contributed by atoms with Crippen LogP contribution < -0.4 is 0 Å². The van der Waals surface area contributed by atoms with Crippen molar-refractivity contribution in [2.45, 2.75) is 31.8 Å². The number of rotatable bonds is 3. The first-order chi connectivity index (χ1) is 9.79. The molecule has 3 nitrogen and oxygen atoms in total. The fourth-order valence-electron chi connectivity index (χ4n) is 2.96. The number of thiophene rings is 1. The lowest BCUT2D eigenvalue weighted by Crippen LogP contribution is -2.44. The Morgan fingerprint density at radius 2 is 2.25 bits per heavy atom. The number of hydrogen-bond donors (Lipinski definition) is 0. The van der Waals surface area contributed by atoms with Crippen molar-refractivity contribution in [2.75, 3.05) is 13.7 Å². The highest BCUT2D eigenvalue weighted by molar-refractivity contribution is 7.17. The summed E-state index contributed by atoms with van der Waals surface area (Å²) in [6.07, 6.45) is 3.19. The summed E-state index contributed by atoms with van der Waals surface area (Å²) >= 11 is 1.78. The number of ether oxygens (including phenoxy) is 1. The average Bonchev–Trinajstić information content (AvgIpc) is 2.90. The summed E-state index contributed by atoms with van der Waals surface area (Å²) in [6, 6.07) is 8.38. The molecule has 1 aromatic carbocycles. The summed E-state index contributed by atoms with van der Waals surface area (Å²) in [7, 11) is 1.48. The van der Waals surface area contributed by atoms with E-state index >= 15 is 0 Å². The van der Waals surface area contributed by atoms with Crippen LogP contribution in [0.3, 0.4) is 0 Å². The van der Waals surface area contributed by atoms with Crippen LogP contribution in [-0.4, -0.2) is 30.6 Å². The fourth-order valence-corrected chi connectivity index (χ4v) is 3.91. The van der Waals surface area contributed by atoms with Crippen LogP contribution in [0.5, 0.6) is 0 Å². The third-order valence-corrected chi connectivity index (χ3v) is 5.03. The first-order valence-electron chi connectivity index (χ1n) is 7.06. The van der Waals surface area contributed by atoms with E-state index in [0.717, 1.165) is 32.4 Å². The van der Waals surface area contributed by atoms with Gasteiger partial charge in [0.2, 0.25) is 0 Å². The lowest BCUT2D eigenvalue weighted by Gasteiger charge is -2.33. The Bertz CT molecular complexity index is 607. The summed E-state index contributed by atoms with van der Waals surface area (Å²) < 4.78 is 6.26. The smallest absolute Gasteiger partial charge is 0.323 e. The van der Waals surface area contributed by atoms with Gasteiger partial charge >= 0.3 is 5.97 Å². The maximum absolute atomic E-state index is 11.9. The van der Waals surface area contributed by atoms with E-state index in [1.54, 1.807) is 11.3 Å². The molecule has 20 heavy (non-hydrogen) atoms. The third-order valence-electron chi connectivity index (χ3n) is 4.02. The van der Waals surface area contributed by atoms with Crippen LogP contribution in [0.2, 0.25) is 0 Å². The Balaban J connectivity index is 1.83. The number of fused-ring (bicyclic) bond motifs is 1. The van der Waals surface area contributed by atoms with E-state index in [-0.39, 0.29) is 12.0 Å². The van der Waals surface area contributed by atoms with Crippen molar-refractivity contribution in [3.8, 4) is 0 Å². The zero-order valence-corrected chi connectivity index (χ0v) is 12.5. The SMILES string of the molecule is COC(=O)C1CCCCN1Cc1csc2ccccc12. The molecule has 0 N–H and O–H groups in total. The molecule has 2 aromatic rings. The summed E-state index contributed by atoms with van der Waals surface area (Å²) in [5, 5.41) is 3.53. The molecular weight excluding hydrogens is 270 g/mol. The van der Waals surface area contributed by atoms with Crippen LogP contribution in [0.15, 0.2) is 29.6 Å². The molecule has 1 aliphatic heterocycles. The van der Waals surface area contributed by atoms with E-state index < -0.39 is 0 Å². The first kappa shape index (κ1) is 13.6. The van der Waals surface area contributed by atoms with Crippen molar-refractivity contribution in [2.24, 2.45) is 0 Å². The topological polar surface area (TPSA) is 29.5 Å². The van der Waals surface area contributed by atoms with Crippen LogP contribution in [0.4, 0.5) is 0 Å². The minimum atomic E-state index is -0.0933. The van der Waals surface area contributed by atoms with Gasteiger partial charge in [0.15, 0.2) is 0 Å². The monoisotopic (exact) mass is 289 g/mol. The van der Waals surface area contributed by atoms with Crippen molar-refractivity contribution >= 4 is 27.4 Å². The molecule has 1 saturated heterocycles. The van der Waals surface area contributed by atoms with Crippen LogP contribution in [-0.2, 0) is 16.1 Å². The number of carbonyl (C=O) groups is 1. The van der Waals surface area contributed by atoms with Crippen molar-refractivity contribution in [3.05, 3.63) is 35.2 Å². The van der Waals surface area contributed by atoms with E-state index in [4.69, 9.17) is 4.74 Å². The Morgan fingerprint density at radius 3 is 3.10 bits per heavy atom. The minimum absolute atomic E-state index is 0.0765. The molecule has 0 saturated carbocycles. The minimum Gasteiger partial charge on any atom is -0.468 e. The van der Waals surface area contributed by atoms with Gasteiger partial charge in [-0.3, -0.25) is 9.69 Å². The quantitative estimate of drug-likeness (QED) is 0.811. The van der Waals surface area contributed by atoms with E-state index in [1.807, 2.05) is 0 Å². The van der Waals surface area contributed by atoms with Crippen LogP contribution in [0.25, 0.3) is 10.1 Å². The van der Waals surface area contributed by atoms with Gasteiger partial charge in [0.1, 0.15) is 6.04 Å². The number of nitrogens with zero attached hydrogens (tertiary/aromatic N) is 1. The summed E-state index contributed by atoms with van der Waals surface area (Å²) in [5.74, 6) is -0.0933. The van der Waals surface area contributed by atoms with E-state index in [0.29, 0.717) is 0 Å². The van der Waals surface area contributed by atoms with Crippen LogP contribution in [0, 0.1) is 0 Å². The molecule has 3 rings (SSSR count).